The van der Waals surface area contributed by atoms with Gasteiger partial charge in [-0.3, -0.25) is 4.98 Å². The summed E-state index contributed by atoms with van der Waals surface area (Å²) >= 11 is 0. The molecule has 1 aromatic rings. The van der Waals surface area contributed by atoms with Crippen molar-refractivity contribution in [3.8, 4) is 5.75 Å². The zero-order valence-corrected chi connectivity index (χ0v) is 10.9. The minimum atomic E-state index is -4.90. The van der Waals surface area contributed by atoms with Crippen molar-refractivity contribution in [2.75, 3.05) is 12.9 Å². The molecular formula is C10H12F3NO4S. The topological polar surface area (TPSA) is 87.5 Å². The van der Waals surface area contributed by atoms with Gasteiger partial charge in [-0.2, -0.15) is 13.2 Å². The molecule has 0 aliphatic heterocycles. The van der Waals surface area contributed by atoms with E-state index in [0.717, 1.165) is 6.92 Å². The number of aromatic hydroxyl groups is 1. The molecule has 0 spiro atoms. The van der Waals surface area contributed by atoms with Crippen LogP contribution in [-0.2, 0) is 20.8 Å². The lowest BCUT2D eigenvalue weighted by atomic mass is 10.0. The number of aliphatic hydroxyl groups is 1. The van der Waals surface area contributed by atoms with E-state index in [9.17, 15) is 26.7 Å². The van der Waals surface area contributed by atoms with Gasteiger partial charge in [0.2, 0.25) is 0 Å². The lowest BCUT2D eigenvalue weighted by Gasteiger charge is -2.27. The minimum absolute atomic E-state index is 0.376. The summed E-state index contributed by atoms with van der Waals surface area (Å²) in [5.41, 5.74) is -2.24. The number of halogens is 3. The van der Waals surface area contributed by atoms with Gasteiger partial charge in [-0.1, -0.05) is 0 Å². The summed E-state index contributed by atoms with van der Waals surface area (Å²) in [7, 11) is -4.06. The molecular weight excluding hydrogens is 287 g/mol. The van der Waals surface area contributed by atoms with E-state index in [1.165, 1.54) is 0 Å². The van der Waals surface area contributed by atoms with Crippen LogP contribution in [0.4, 0.5) is 13.2 Å². The smallest absolute Gasteiger partial charge is 0.418 e. The van der Waals surface area contributed by atoms with E-state index >= 15 is 0 Å². The van der Waals surface area contributed by atoms with Gasteiger partial charge < -0.3 is 10.2 Å². The normalized spacial score (nSPS) is 16.1. The molecule has 5 nitrogen and oxygen atoms in total. The number of aliphatic hydroxyl groups excluding tert-OH is 1. The third-order valence-electron chi connectivity index (χ3n) is 2.80. The largest absolute Gasteiger partial charge is 0.506 e. The second-order valence-electron chi connectivity index (χ2n) is 4.25. The quantitative estimate of drug-likeness (QED) is 0.871. The van der Waals surface area contributed by atoms with E-state index in [1.54, 1.807) is 0 Å². The van der Waals surface area contributed by atoms with Crippen molar-refractivity contribution in [3.05, 3.63) is 23.5 Å². The molecule has 1 aromatic heterocycles. The van der Waals surface area contributed by atoms with Gasteiger partial charge in [0.1, 0.15) is 10.5 Å². The molecule has 0 aliphatic carbocycles. The summed E-state index contributed by atoms with van der Waals surface area (Å²) in [6.45, 7) is -0.121. The number of alkyl halides is 3. The lowest BCUT2D eigenvalue weighted by molar-refractivity contribution is -0.139. The van der Waals surface area contributed by atoms with Crippen LogP contribution in [-0.4, -0.2) is 36.5 Å². The monoisotopic (exact) mass is 299 g/mol. The SMILES string of the molecule is CC(CO)(c1ncc(O)cc1C(F)(F)F)S(C)(=O)=O. The van der Waals surface area contributed by atoms with E-state index in [4.69, 9.17) is 5.11 Å². The highest BCUT2D eigenvalue weighted by molar-refractivity contribution is 7.91. The highest BCUT2D eigenvalue weighted by atomic mass is 32.2. The molecule has 0 amide bonds. The van der Waals surface area contributed by atoms with Gasteiger partial charge >= 0.3 is 6.18 Å². The van der Waals surface area contributed by atoms with Gasteiger partial charge in [0.05, 0.1) is 24.1 Å². The second-order valence-corrected chi connectivity index (χ2v) is 6.69. The average molecular weight is 299 g/mol. The van der Waals surface area contributed by atoms with Gasteiger partial charge in [-0.05, 0) is 13.0 Å². The maximum atomic E-state index is 12.9. The first-order valence-corrected chi connectivity index (χ1v) is 6.90. The molecule has 108 valence electrons. The Labute approximate surface area is 107 Å². The summed E-state index contributed by atoms with van der Waals surface area (Å²) in [4.78, 5) is 3.34. The van der Waals surface area contributed by atoms with Crippen LogP contribution in [0.5, 0.6) is 5.75 Å². The van der Waals surface area contributed by atoms with Gasteiger partial charge in [0, 0.05) is 6.26 Å². The minimum Gasteiger partial charge on any atom is -0.506 e. The molecule has 19 heavy (non-hydrogen) atoms. The van der Waals surface area contributed by atoms with Crippen molar-refractivity contribution in [2.24, 2.45) is 0 Å². The van der Waals surface area contributed by atoms with Crippen LogP contribution in [0.1, 0.15) is 18.2 Å². The van der Waals surface area contributed by atoms with Crippen LogP contribution in [0.25, 0.3) is 0 Å². The molecule has 1 rings (SSSR count). The maximum absolute atomic E-state index is 12.9. The Balaban J connectivity index is 3.68. The fourth-order valence-electron chi connectivity index (χ4n) is 1.46. The van der Waals surface area contributed by atoms with Gasteiger partial charge in [0.25, 0.3) is 0 Å². The zero-order valence-electron chi connectivity index (χ0n) is 10.1. The zero-order chi connectivity index (χ0) is 15.1. The Kier molecular flexibility index (Phi) is 3.83. The molecule has 0 saturated heterocycles. The number of hydrogen-bond acceptors (Lipinski definition) is 5. The van der Waals surface area contributed by atoms with Crippen molar-refractivity contribution < 1.29 is 31.8 Å². The highest BCUT2D eigenvalue weighted by Gasteiger charge is 2.46. The molecule has 2 N–H and O–H groups in total. The molecule has 0 aromatic carbocycles. The Bertz CT molecular complexity index is 585. The third-order valence-corrected chi connectivity index (χ3v) is 4.76. The van der Waals surface area contributed by atoms with Crippen LogP contribution in [0.3, 0.4) is 0 Å². The first-order chi connectivity index (χ1) is 8.43. The highest BCUT2D eigenvalue weighted by Crippen LogP contribution is 2.39. The second kappa shape index (κ2) is 4.64. The molecule has 0 radical (unpaired) electrons. The lowest BCUT2D eigenvalue weighted by Crippen LogP contribution is -2.38. The summed E-state index contributed by atoms with van der Waals surface area (Å²) in [5.74, 6) is -0.745. The molecule has 0 saturated carbocycles. The van der Waals surface area contributed by atoms with Crippen LogP contribution < -0.4 is 0 Å². The number of aromatic nitrogens is 1. The van der Waals surface area contributed by atoms with Crippen molar-refractivity contribution in [1.82, 2.24) is 4.98 Å². The first kappa shape index (κ1) is 15.7. The van der Waals surface area contributed by atoms with Crippen LogP contribution in [0, 0.1) is 0 Å². The summed E-state index contributed by atoms with van der Waals surface area (Å²) in [6.07, 6.45) is -3.50. The van der Waals surface area contributed by atoms with E-state index in [1.807, 2.05) is 0 Å². The fraction of sp³-hybridized carbons (Fsp3) is 0.500. The number of pyridine rings is 1. The van der Waals surface area contributed by atoms with Crippen LogP contribution in [0.15, 0.2) is 12.3 Å². The average Bonchev–Trinajstić information content (AvgIpc) is 2.25. The van der Waals surface area contributed by atoms with Crippen molar-refractivity contribution in [2.45, 2.75) is 17.8 Å². The number of rotatable bonds is 3. The standard InChI is InChI=1S/C10H12F3NO4S/c1-9(5-15,19(2,17)18)8-7(10(11,12)13)3-6(16)4-14-8/h3-4,15-16H,5H2,1-2H3. The van der Waals surface area contributed by atoms with Gasteiger partial charge in [-0.25, -0.2) is 8.42 Å². The summed E-state index contributed by atoms with van der Waals surface area (Å²) in [6, 6.07) is 0.376. The van der Waals surface area contributed by atoms with Gasteiger partial charge in [-0.15, -0.1) is 0 Å². The predicted octanol–water partition coefficient (Wildman–Crippen LogP) is 1.06. The van der Waals surface area contributed by atoms with Crippen molar-refractivity contribution in [1.29, 1.82) is 0 Å². The number of hydrogen-bond donors (Lipinski definition) is 2. The molecule has 1 heterocycles. The molecule has 0 bridgehead atoms. The Morgan fingerprint density at radius 3 is 2.26 bits per heavy atom. The van der Waals surface area contributed by atoms with Crippen LogP contribution >= 0.6 is 0 Å². The van der Waals surface area contributed by atoms with Crippen molar-refractivity contribution >= 4 is 9.84 Å². The summed E-state index contributed by atoms with van der Waals surface area (Å²) < 4.78 is 59.6. The maximum Gasteiger partial charge on any atom is 0.418 e. The molecule has 1 atom stereocenters. The van der Waals surface area contributed by atoms with Crippen molar-refractivity contribution in [3.63, 3.8) is 0 Å². The van der Waals surface area contributed by atoms with E-state index in [-0.39, 0.29) is 0 Å². The van der Waals surface area contributed by atoms with Crippen LogP contribution in [0.2, 0.25) is 0 Å². The number of sulfone groups is 1. The molecule has 9 heteroatoms. The predicted molar refractivity (Wildman–Crippen MR) is 60.2 cm³/mol. The fourth-order valence-corrected chi connectivity index (χ4v) is 2.21. The summed E-state index contributed by atoms with van der Waals surface area (Å²) in [5, 5.41) is 18.3. The van der Waals surface area contributed by atoms with E-state index in [0.29, 0.717) is 18.5 Å². The van der Waals surface area contributed by atoms with E-state index < -0.39 is 44.4 Å². The van der Waals surface area contributed by atoms with E-state index in [2.05, 4.69) is 4.98 Å². The molecule has 1 unspecified atom stereocenters. The molecule has 0 fully saturated rings. The third kappa shape index (κ3) is 2.81. The molecule has 0 aliphatic rings. The Morgan fingerprint density at radius 2 is 1.89 bits per heavy atom. The number of nitrogens with zero attached hydrogens (tertiary/aromatic N) is 1. The first-order valence-electron chi connectivity index (χ1n) is 5.00. The van der Waals surface area contributed by atoms with Gasteiger partial charge in [0.15, 0.2) is 9.84 Å². The Hall–Kier alpha value is -1.35. The Morgan fingerprint density at radius 1 is 1.37 bits per heavy atom.